The van der Waals surface area contributed by atoms with E-state index in [2.05, 4.69) is 6.58 Å². The summed E-state index contributed by atoms with van der Waals surface area (Å²) in [6, 6.07) is 0. The Morgan fingerprint density at radius 2 is 1.91 bits per heavy atom. The van der Waals surface area contributed by atoms with Crippen LogP contribution in [0.25, 0.3) is 0 Å². The lowest BCUT2D eigenvalue weighted by Gasteiger charge is -2.19. The molecule has 0 aromatic heterocycles. The zero-order valence-electron chi connectivity index (χ0n) is 6.67. The Balaban J connectivity index is 2.74. The lowest BCUT2D eigenvalue weighted by Crippen LogP contribution is -2.13. The van der Waals surface area contributed by atoms with Crippen LogP contribution in [-0.2, 0) is 9.47 Å². The van der Waals surface area contributed by atoms with Gasteiger partial charge in [-0.1, -0.05) is 12.7 Å². The van der Waals surface area contributed by atoms with Gasteiger partial charge in [-0.2, -0.15) is 0 Å². The van der Waals surface area contributed by atoms with Crippen molar-refractivity contribution in [2.24, 2.45) is 0 Å². The summed E-state index contributed by atoms with van der Waals surface area (Å²) in [7, 11) is 0. The third-order valence-corrected chi connectivity index (χ3v) is 1.37. The van der Waals surface area contributed by atoms with Gasteiger partial charge in [0.1, 0.15) is 13.2 Å². The Hall–Kier alpha value is -1.18. The fourth-order valence-electron chi connectivity index (χ4n) is 0.908. The minimum Gasteiger partial charge on any atom is -0.486 e. The summed E-state index contributed by atoms with van der Waals surface area (Å²) in [5, 5.41) is 0. The largest absolute Gasteiger partial charge is 0.486 e. The van der Waals surface area contributed by atoms with Crippen LogP contribution in [-0.4, -0.2) is 13.2 Å². The molecule has 0 N–H and O–H groups in total. The minimum atomic E-state index is 0.622. The molecule has 0 aromatic carbocycles. The van der Waals surface area contributed by atoms with E-state index >= 15 is 0 Å². The van der Waals surface area contributed by atoms with Gasteiger partial charge in [-0.05, 0) is 19.1 Å². The second-order valence-electron chi connectivity index (χ2n) is 2.12. The number of ether oxygens (including phenoxy) is 2. The Morgan fingerprint density at radius 1 is 1.27 bits per heavy atom. The maximum absolute atomic E-state index is 5.32. The molecule has 1 heterocycles. The molecule has 0 aromatic rings. The molecule has 0 amide bonds. The summed E-state index contributed by atoms with van der Waals surface area (Å²) >= 11 is 0. The van der Waals surface area contributed by atoms with Gasteiger partial charge in [0.15, 0.2) is 11.5 Å². The van der Waals surface area contributed by atoms with E-state index in [-0.39, 0.29) is 0 Å². The van der Waals surface area contributed by atoms with Crippen molar-refractivity contribution in [3.05, 3.63) is 36.3 Å². The standard InChI is InChI=1S/C9H12O2/c1-3-5-9-8(4-2)10-6-7-11-9/h3-5H,1,6-7H2,2H3/b8-4+,9-5+. The average Bonchev–Trinajstić information content (AvgIpc) is 2.06. The van der Waals surface area contributed by atoms with Crippen LogP contribution in [0.2, 0.25) is 0 Å². The molecule has 0 spiro atoms. The molecule has 1 fully saturated rings. The Bertz CT molecular complexity index is 202. The Labute approximate surface area is 66.8 Å². The highest BCUT2D eigenvalue weighted by atomic mass is 16.6. The predicted octanol–water partition coefficient (Wildman–Crippen LogP) is 2.01. The van der Waals surface area contributed by atoms with Gasteiger partial charge in [-0.25, -0.2) is 0 Å². The summed E-state index contributed by atoms with van der Waals surface area (Å²) in [5.74, 6) is 1.57. The van der Waals surface area contributed by atoms with Crippen molar-refractivity contribution in [1.82, 2.24) is 0 Å². The molecule has 1 saturated heterocycles. The number of hydrogen-bond acceptors (Lipinski definition) is 2. The van der Waals surface area contributed by atoms with Gasteiger partial charge in [0.2, 0.25) is 0 Å². The van der Waals surface area contributed by atoms with Crippen molar-refractivity contribution < 1.29 is 9.47 Å². The zero-order chi connectivity index (χ0) is 8.10. The maximum Gasteiger partial charge on any atom is 0.160 e. The molecule has 60 valence electrons. The number of hydrogen-bond donors (Lipinski definition) is 0. The molecule has 1 rings (SSSR count). The van der Waals surface area contributed by atoms with Crippen molar-refractivity contribution in [2.75, 3.05) is 13.2 Å². The van der Waals surface area contributed by atoms with Gasteiger partial charge in [0.25, 0.3) is 0 Å². The summed E-state index contributed by atoms with van der Waals surface area (Å²) in [4.78, 5) is 0. The second kappa shape index (κ2) is 3.86. The first kappa shape index (κ1) is 7.92. The Morgan fingerprint density at radius 3 is 2.45 bits per heavy atom. The zero-order valence-corrected chi connectivity index (χ0v) is 6.67. The maximum atomic E-state index is 5.32. The third kappa shape index (κ3) is 1.87. The summed E-state index contributed by atoms with van der Waals surface area (Å²) < 4.78 is 10.6. The van der Waals surface area contributed by atoms with Crippen molar-refractivity contribution in [3.8, 4) is 0 Å². The van der Waals surface area contributed by atoms with Gasteiger partial charge in [0.05, 0.1) is 0 Å². The molecule has 11 heavy (non-hydrogen) atoms. The van der Waals surface area contributed by atoms with Gasteiger partial charge >= 0.3 is 0 Å². The molecule has 0 radical (unpaired) electrons. The second-order valence-corrected chi connectivity index (χ2v) is 2.12. The van der Waals surface area contributed by atoms with Gasteiger partial charge in [0, 0.05) is 0 Å². The van der Waals surface area contributed by atoms with Crippen molar-refractivity contribution in [3.63, 3.8) is 0 Å². The fraction of sp³-hybridized carbons (Fsp3) is 0.333. The first-order valence-corrected chi connectivity index (χ1v) is 3.63. The van der Waals surface area contributed by atoms with Crippen LogP contribution in [0, 0.1) is 0 Å². The smallest absolute Gasteiger partial charge is 0.160 e. The van der Waals surface area contributed by atoms with E-state index in [9.17, 15) is 0 Å². The fourth-order valence-corrected chi connectivity index (χ4v) is 0.908. The van der Waals surface area contributed by atoms with Gasteiger partial charge < -0.3 is 9.47 Å². The highest BCUT2D eigenvalue weighted by Crippen LogP contribution is 2.17. The average molecular weight is 152 g/mol. The quantitative estimate of drug-likeness (QED) is 0.572. The molecule has 0 saturated carbocycles. The molecule has 0 atom stereocenters. The lowest BCUT2D eigenvalue weighted by atomic mass is 10.3. The van der Waals surface area contributed by atoms with E-state index in [1.807, 2.05) is 13.0 Å². The third-order valence-electron chi connectivity index (χ3n) is 1.37. The van der Waals surface area contributed by atoms with Crippen LogP contribution >= 0.6 is 0 Å². The monoisotopic (exact) mass is 152 g/mol. The van der Waals surface area contributed by atoms with E-state index in [0.717, 1.165) is 11.5 Å². The molecule has 2 nitrogen and oxygen atoms in total. The topological polar surface area (TPSA) is 18.5 Å². The van der Waals surface area contributed by atoms with Crippen molar-refractivity contribution >= 4 is 0 Å². The van der Waals surface area contributed by atoms with Crippen LogP contribution in [0.4, 0.5) is 0 Å². The molecule has 1 aliphatic rings. The molecule has 1 aliphatic heterocycles. The van der Waals surface area contributed by atoms with E-state index in [4.69, 9.17) is 9.47 Å². The van der Waals surface area contributed by atoms with E-state index in [1.54, 1.807) is 12.2 Å². The molecular weight excluding hydrogens is 140 g/mol. The predicted molar refractivity (Wildman–Crippen MR) is 43.9 cm³/mol. The number of rotatable bonds is 1. The normalized spacial score (nSPS) is 24.5. The molecule has 0 aliphatic carbocycles. The van der Waals surface area contributed by atoms with Gasteiger partial charge in [-0.15, -0.1) is 0 Å². The van der Waals surface area contributed by atoms with E-state index < -0.39 is 0 Å². The van der Waals surface area contributed by atoms with Crippen LogP contribution in [0.1, 0.15) is 6.92 Å². The highest BCUT2D eigenvalue weighted by molar-refractivity contribution is 5.24. The van der Waals surface area contributed by atoms with Crippen LogP contribution in [0.15, 0.2) is 36.3 Å². The minimum absolute atomic E-state index is 0.622. The van der Waals surface area contributed by atoms with E-state index in [1.165, 1.54) is 0 Å². The van der Waals surface area contributed by atoms with Crippen LogP contribution in [0.5, 0.6) is 0 Å². The highest BCUT2D eigenvalue weighted by Gasteiger charge is 2.11. The van der Waals surface area contributed by atoms with Crippen molar-refractivity contribution in [1.29, 1.82) is 0 Å². The molecular formula is C9H12O2. The van der Waals surface area contributed by atoms with Crippen LogP contribution < -0.4 is 0 Å². The van der Waals surface area contributed by atoms with Crippen molar-refractivity contribution in [2.45, 2.75) is 6.92 Å². The van der Waals surface area contributed by atoms with Crippen LogP contribution in [0.3, 0.4) is 0 Å². The van der Waals surface area contributed by atoms with Gasteiger partial charge in [-0.3, -0.25) is 0 Å². The lowest BCUT2D eigenvalue weighted by molar-refractivity contribution is 0.0594. The summed E-state index contributed by atoms with van der Waals surface area (Å²) in [5.41, 5.74) is 0. The number of allylic oxidation sites excluding steroid dienone is 3. The molecule has 2 heteroatoms. The Kier molecular flexibility index (Phi) is 2.78. The SMILES string of the molecule is C=C/C=C1/OCCO/C1=C/C. The first-order valence-electron chi connectivity index (χ1n) is 3.63. The molecule has 0 unspecified atom stereocenters. The molecule has 0 bridgehead atoms. The summed E-state index contributed by atoms with van der Waals surface area (Å²) in [6.07, 6.45) is 5.37. The first-order chi connectivity index (χ1) is 5.38. The van der Waals surface area contributed by atoms with E-state index in [0.29, 0.717) is 13.2 Å². The summed E-state index contributed by atoms with van der Waals surface area (Å²) in [6.45, 7) is 6.76.